The van der Waals surface area contributed by atoms with Gasteiger partial charge in [-0.15, -0.1) is 0 Å². The van der Waals surface area contributed by atoms with Crippen molar-refractivity contribution in [2.45, 2.75) is 31.1 Å². The number of carbonyl (C=O) groups excluding carboxylic acids is 2. The Kier molecular flexibility index (Phi) is 4.17. The predicted octanol–water partition coefficient (Wildman–Crippen LogP) is 1.06. The molecule has 2 amide bonds. The van der Waals surface area contributed by atoms with Crippen molar-refractivity contribution in [3.05, 3.63) is 35.4 Å². The highest BCUT2D eigenvalue weighted by molar-refractivity contribution is 6.03. The van der Waals surface area contributed by atoms with Gasteiger partial charge in [-0.05, 0) is 56.0 Å². The van der Waals surface area contributed by atoms with E-state index in [-0.39, 0.29) is 23.3 Å². The number of hydrogen-bond acceptors (Lipinski definition) is 4. The molecule has 2 heterocycles. The fourth-order valence-electron chi connectivity index (χ4n) is 3.85. The third kappa shape index (κ3) is 2.74. The van der Waals surface area contributed by atoms with Gasteiger partial charge < -0.3 is 10.4 Å². The van der Waals surface area contributed by atoms with E-state index in [9.17, 15) is 14.4 Å². The highest BCUT2D eigenvalue weighted by Crippen LogP contribution is 2.43. The van der Waals surface area contributed by atoms with Gasteiger partial charge in [-0.25, -0.2) is 4.79 Å². The molecule has 6 nitrogen and oxygen atoms in total. The van der Waals surface area contributed by atoms with Gasteiger partial charge in [0.2, 0.25) is 11.8 Å². The summed E-state index contributed by atoms with van der Waals surface area (Å²) in [5, 5.41) is 14.8. The topological polar surface area (TPSA) is 95.5 Å². The molecule has 6 heteroatoms. The van der Waals surface area contributed by atoms with Gasteiger partial charge in [0.15, 0.2) is 0 Å². The third-order valence-corrected chi connectivity index (χ3v) is 5.09. The molecule has 1 unspecified atom stereocenters. The maximum atomic E-state index is 12.8. The molecule has 2 aliphatic heterocycles. The highest BCUT2D eigenvalue weighted by Gasteiger charge is 2.49. The highest BCUT2D eigenvalue weighted by atomic mass is 16.4. The summed E-state index contributed by atoms with van der Waals surface area (Å²) in [6.45, 7) is 1.70. The Morgan fingerprint density at radius 3 is 2.35 bits per heavy atom. The van der Waals surface area contributed by atoms with Gasteiger partial charge in [0.05, 0.1) is 11.0 Å². The number of carboxylic acids is 1. The molecule has 3 N–H and O–H groups in total. The van der Waals surface area contributed by atoms with Crippen molar-refractivity contribution in [3.8, 4) is 0 Å². The van der Waals surface area contributed by atoms with Gasteiger partial charge in [0.25, 0.3) is 0 Å². The second-order valence-electron chi connectivity index (χ2n) is 6.26. The number of amides is 2. The summed E-state index contributed by atoms with van der Waals surface area (Å²) in [5.41, 5.74) is 0.258. The monoisotopic (exact) mass is 316 g/mol. The van der Waals surface area contributed by atoms with E-state index < -0.39 is 11.4 Å². The summed E-state index contributed by atoms with van der Waals surface area (Å²) in [7, 11) is 0. The van der Waals surface area contributed by atoms with E-state index in [1.807, 2.05) is 0 Å². The Bertz CT molecular complexity index is 634. The zero-order valence-electron chi connectivity index (χ0n) is 12.8. The van der Waals surface area contributed by atoms with Crippen molar-refractivity contribution >= 4 is 17.8 Å². The average molecular weight is 316 g/mol. The number of carbonyl (C=O) groups is 3. The molecule has 23 heavy (non-hydrogen) atoms. The number of rotatable bonds is 3. The Balaban J connectivity index is 2.02. The SMILES string of the molecule is O=C1CCC(c2ccc(C(=O)O)cc2)(C2CCNCC2)C(=O)N1. The lowest BCUT2D eigenvalue weighted by Gasteiger charge is -2.44. The largest absolute Gasteiger partial charge is 0.478 e. The lowest BCUT2D eigenvalue weighted by atomic mass is 9.62. The molecular formula is C17H20N2O4. The summed E-state index contributed by atoms with van der Waals surface area (Å²) < 4.78 is 0. The average Bonchev–Trinajstić information content (AvgIpc) is 2.56. The van der Waals surface area contributed by atoms with E-state index in [0.29, 0.717) is 12.8 Å². The lowest BCUT2D eigenvalue weighted by Crippen LogP contribution is -2.57. The number of carboxylic acid groups (broad SMARTS) is 1. The normalized spacial score (nSPS) is 25.9. The molecule has 0 saturated carbocycles. The van der Waals surface area contributed by atoms with Crippen LogP contribution in [0.25, 0.3) is 0 Å². The fourth-order valence-corrected chi connectivity index (χ4v) is 3.85. The molecule has 1 aromatic carbocycles. The van der Waals surface area contributed by atoms with Crippen molar-refractivity contribution in [3.63, 3.8) is 0 Å². The van der Waals surface area contributed by atoms with E-state index in [1.54, 1.807) is 12.1 Å². The molecule has 122 valence electrons. The summed E-state index contributed by atoms with van der Waals surface area (Å²) in [6.07, 6.45) is 2.52. The molecule has 2 fully saturated rings. The van der Waals surface area contributed by atoms with Gasteiger partial charge >= 0.3 is 5.97 Å². The first-order valence-electron chi connectivity index (χ1n) is 7.93. The maximum absolute atomic E-state index is 12.8. The number of nitrogens with one attached hydrogen (secondary N) is 2. The number of aromatic carboxylic acids is 1. The molecule has 0 aromatic heterocycles. The van der Waals surface area contributed by atoms with Crippen LogP contribution in [0.5, 0.6) is 0 Å². The Labute approximate surface area is 134 Å². The maximum Gasteiger partial charge on any atom is 0.335 e. The third-order valence-electron chi connectivity index (χ3n) is 5.09. The van der Waals surface area contributed by atoms with Gasteiger partial charge in [-0.2, -0.15) is 0 Å². The lowest BCUT2D eigenvalue weighted by molar-refractivity contribution is -0.140. The van der Waals surface area contributed by atoms with Gasteiger partial charge in [0.1, 0.15) is 0 Å². The molecular weight excluding hydrogens is 296 g/mol. The van der Waals surface area contributed by atoms with Crippen LogP contribution >= 0.6 is 0 Å². The van der Waals surface area contributed by atoms with Crippen molar-refractivity contribution in [1.29, 1.82) is 0 Å². The van der Waals surface area contributed by atoms with Crippen molar-refractivity contribution in [2.24, 2.45) is 5.92 Å². The van der Waals surface area contributed by atoms with E-state index in [1.165, 1.54) is 12.1 Å². The first kappa shape index (κ1) is 15.7. The fraction of sp³-hybridized carbons (Fsp3) is 0.471. The van der Waals surface area contributed by atoms with Gasteiger partial charge in [-0.1, -0.05) is 12.1 Å². The number of hydrogen-bond donors (Lipinski definition) is 3. The molecule has 1 atom stereocenters. The smallest absolute Gasteiger partial charge is 0.335 e. The summed E-state index contributed by atoms with van der Waals surface area (Å²) in [5.74, 6) is -1.33. The summed E-state index contributed by atoms with van der Waals surface area (Å²) in [6, 6.07) is 6.51. The van der Waals surface area contributed by atoms with Crippen LogP contribution in [0.15, 0.2) is 24.3 Å². The van der Waals surface area contributed by atoms with E-state index in [2.05, 4.69) is 10.6 Å². The van der Waals surface area contributed by atoms with Crippen LogP contribution in [0, 0.1) is 5.92 Å². The molecule has 0 bridgehead atoms. The first-order chi connectivity index (χ1) is 11.0. The molecule has 1 aromatic rings. The Hall–Kier alpha value is -2.21. The Morgan fingerprint density at radius 1 is 1.13 bits per heavy atom. The van der Waals surface area contributed by atoms with Crippen molar-refractivity contribution in [2.75, 3.05) is 13.1 Å². The number of piperidine rings is 2. The van der Waals surface area contributed by atoms with Crippen LogP contribution in [-0.4, -0.2) is 36.0 Å². The molecule has 0 radical (unpaired) electrons. The summed E-state index contributed by atoms with van der Waals surface area (Å²) in [4.78, 5) is 35.4. The van der Waals surface area contributed by atoms with Crippen LogP contribution < -0.4 is 10.6 Å². The minimum absolute atomic E-state index is 0.146. The molecule has 0 aliphatic carbocycles. The summed E-state index contributed by atoms with van der Waals surface area (Å²) >= 11 is 0. The molecule has 2 aliphatic rings. The standard InChI is InChI=1S/C17H20N2O4/c20-14-5-8-17(16(23)19-14,13-6-9-18-10-7-13)12-3-1-11(2-4-12)15(21)22/h1-4,13,18H,5-10H2,(H,21,22)(H,19,20,23). The minimum atomic E-state index is -0.990. The zero-order valence-corrected chi connectivity index (χ0v) is 12.8. The van der Waals surface area contributed by atoms with Gasteiger partial charge in [0, 0.05) is 6.42 Å². The quantitative estimate of drug-likeness (QED) is 0.725. The van der Waals surface area contributed by atoms with E-state index >= 15 is 0 Å². The second-order valence-corrected chi connectivity index (χ2v) is 6.26. The van der Waals surface area contributed by atoms with Gasteiger partial charge in [-0.3, -0.25) is 14.9 Å². The number of benzene rings is 1. The predicted molar refractivity (Wildman–Crippen MR) is 83.1 cm³/mol. The minimum Gasteiger partial charge on any atom is -0.478 e. The van der Waals surface area contributed by atoms with E-state index in [0.717, 1.165) is 31.5 Å². The van der Waals surface area contributed by atoms with Crippen LogP contribution in [0.1, 0.15) is 41.6 Å². The van der Waals surface area contributed by atoms with Crippen LogP contribution in [0.3, 0.4) is 0 Å². The molecule has 2 saturated heterocycles. The number of imide groups is 1. The molecule has 0 spiro atoms. The van der Waals surface area contributed by atoms with Crippen molar-refractivity contribution in [1.82, 2.24) is 10.6 Å². The zero-order chi connectivity index (χ0) is 16.4. The van der Waals surface area contributed by atoms with Crippen LogP contribution in [0.2, 0.25) is 0 Å². The van der Waals surface area contributed by atoms with E-state index in [4.69, 9.17) is 5.11 Å². The van der Waals surface area contributed by atoms with Crippen LogP contribution in [-0.2, 0) is 15.0 Å². The second kappa shape index (κ2) is 6.12. The first-order valence-corrected chi connectivity index (χ1v) is 7.93. The molecule has 3 rings (SSSR count). The van der Waals surface area contributed by atoms with Crippen LogP contribution in [0.4, 0.5) is 0 Å². The Morgan fingerprint density at radius 2 is 1.78 bits per heavy atom. The van der Waals surface area contributed by atoms with Crippen molar-refractivity contribution < 1.29 is 19.5 Å².